The Morgan fingerprint density at radius 3 is 2.71 bits per heavy atom. The van der Waals surface area contributed by atoms with Crippen LogP contribution in [0.5, 0.6) is 5.75 Å². The molecule has 1 aliphatic heterocycles. The highest BCUT2D eigenvalue weighted by atomic mass is 16.5. The smallest absolute Gasteiger partial charge is 0.251 e. The van der Waals surface area contributed by atoms with Gasteiger partial charge in [0, 0.05) is 18.9 Å². The summed E-state index contributed by atoms with van der Waals surface area (Å²) in [5.74, 6) is 0.285. The highest BCUT2D eigenvalue weighted by Gasteiger charge is 2.39. The van der Waals surface area contributed by atoms with E-state index in [1.165, 1.54) is 4.90 Å². The van der Waals surface area contributed by atoms with Gasteiger partial charge in [0.05, 0.1) is 24.8 Å². The number of benzene rings is 1. The maximum Gasteiger partial charge on any atom is 0.251 e. The van der Waals surface area contributed by atoms with Gasteiger partial charge in [-0.2, -0.15) is 0 Å². The monoisotopic (exact) mass is 325 g/mol. The normalized spacial score (nSPS) is 17.4. The number of anilines is 1. The molecule has 6 heteroatoms. The predicted octanol–water partition coefficient (Wildman–Crippen LogP) is 1.90. The predicted molar refractivity (Wildman–Crippen MR) is 89.6 cm³/mol. The van der Waals surface area contributed by atoms with E-state index in [0.29, 0.717) is 24.6 Å². The molecule has 2 aromatic rings. The summed E-state index contributed by atoms with van der Waals surface area (Å²) in [4.78, 5) is 30.1. The van der Waals surface area contributed by atoms with E-state index >= 15 is 0 Å². The zero-order valence-electron chi connectivity index (χ0n) is 13.4. The number of aromatic nitrogens is 1. The summed E-state index contributed by atoms with van der Waals surface area (Å²) < 4.78 is 5.38. The third-order valence-electron chi connectivity index (χ3n) is 3.83. The molecule has 24 heavy (non-hydrogen) atoms. The minimum absolute atomic E-state index is 0.159. The number of imide groups is 1. The van der Waals surface area contributed by atoms with E-state index in [1.54, 1.807) is 36.7 Å². The fourth-order valence-corrected chi connectivity index (χ4v) is 2.66. The van der Waals surface area contributed by atoms with Gasteiger partial charge in [-0.05, 0) is 42.8 Å². The second-order valence-corrected chi connectivity index (χ2v) is 5.49. The number of rotatable bonds is 6. The largest absolute Gasteiger partial charge is 0.494 e. The van der Waals surface area contributed by atoms with Gasteiger partial charge < -0.3 is 10.1 Å². The lowest BCUT2D eigenvalue weighted by atomic mass is 10.2. The summed E-state index contributed by atoms with van der Waals surface area (Å²) in [6, 6.07) is 10.2. The first kappa shape index (κ1) is 16.1. The maximum atomic E-state index is 12.5. The number of hydrogen-bond acceptors (Lipinski definition) is 5. The average Bonchev–Trinajstić information content (AvgIpc) is 2.89. The van der Waals surface area contributed by atoms with Crippen molar-refractivity contribution in [2.45, 2.75) is 25.9 Å². The molecule has 1 aliphatic rings. The van der Waals surface area contributed by atoms with Gasteiger partial charge in [0.1, 0.15) is 5.75 Å². The van der Waals surface area contributed by atoms with E-state index in [1.807, 2.05) is 19.1 Å². The van der Waals surface area contributed by atoms with Crippen molar-refractivity contribution in [1.29, 1.82) is 0 Å². The fraction of sp³-hybridized carbons (Fsp3) is 0.278. The second-order valence-electron chi connectivity index (χ2n) is 5.49. The fourth-order valence-electron chi connectivity index (χ4n) is 2.66. The van der Waals surface area contributed by atoms with Crippen molar-refractivity contribution in [1.82, 2.24) is 10.3 Å². The molecule has 0 aliphatic carbocycles. The molecule has 0 spiro atoms. The molecule has 0 bridgehead atoms. The van der Waals surface area contributed by atoms with Crippen LogP contribution in [0.2, 0.25) is 0 Å². The first-order chi connectivity index (χ1) is 11.7. The molecule has 1 saturated heterocycles. The van der Waals surface area contributed by atoms with Gasteiger partial charge in [0.15, 0.2) is 0 Å². The van der Waals surface area contributed by atoms with Crippen molar-refractivity contribution in [2.24, 2.45) is 0 Å². The molecule has 0 unspecified atom stereocenters. The molecule has 2 amide bonds. The number of carbonyl (C=O) groups is 2. The third-order valence-corrected chi connectivity index (χ3v) is 3.83. The van der Waals surface area contributed by atoms with Crippen molar-refractivity contribution >= 4 is 17.5 Å². The van der Waals surface area contributed by atoms with Gasteiger partial charge >= 0.3 is 0 Å². The average molecular weight is 325 g/mol. The van der Waals surface area contributed by atoms with E-state index in [-0.39, 0.29) is 18.2 Å². The van der Waals surface area contributed by atoms with E-state index in [0.717, 1.165) is 5.56 Å². The Morgan fingerprint density at radius 1 is 1.25 bits per heavy atom. The molecule has 1 atom stereocenters. The molecule has 0 radical (unpaired) electrons. The number of ether oxygens (including phenoxy) is 1. The molecule has 1 aromatic heterocycles. The molecule has 0 saturated carbocycles. The van der Waals surface area contributed by atoms with E-state index < -0.39 is 6.04 Å². The van der Waals surface area contributed by atoms with E-state index in [4.69, 9.17) is 4.74 Å². The second kappa shape index (κ2) is 7.23. The Morgan fingerprint density at radius 2 is 2.04 bits per heavy atom. The van der Waals surface area contributed by atoms with Crippen LogP contribution in [-0.4, -0.2) is 29.4 Å². The van der Waals surface area contributed by atoms with E-state index in [2.05, 4.69) is 10.3 Å². The first-order valence-electron chi connectivity index (χ1n) is 7.91. The van der Waals surface area contributed by atoms with Crippen LogP contribution in [0.4, 0.5) is 5.69 Å². The summed E-state index contributed by atoms with van der Waals surface area (Å²) in [5, 5.41) is 3.13. The SMILES string of the molecule is CCOc1ccc(N2C(=O)C[C@@H](NCc3cccnc3)C2=O)cc1. The van der Waals surface area contributed by atoms with Crippen LogP contribution in [0.3, 0.4) is 0 Å². The van der Waals surface area contributed by atoms with Crippen molar-refractivity contribution in [2.75, 3.05) is 11.5 Å². The van der Waals surface area contributed by atoms with Crippen molar-refractivity contribution in [3.63, 3.8) is 0 Å². The van der Waals surface area contributed by atoms with Crippen LogP contribution in [0, 0.1) is 0 Å². The third kappa shape index (κ3) is 3.44. The van der Waals surface area contributed by atoms with Crippen molar-refractivity contribution in [3.8, 4) is 5.75 Å². The molecule has 2 heterocycles. The minimum Gasteiger partial charge on any atom is -0.494 e. The highest BCUT2D eigenvalue weighted by molar-refractivity contribution is 6.22. The molecular formula is C18H19N3O3. The zero-order valence-corrected chi connectivity index (χ0v) is 13.4. The van der Waals surface area contributed by atoms with Gasteiger partial charge in [-0.25, -0.2) is 4.90 Å². The number of carbonyl (C=O) groups excluding carboxylic acids is 2. The van der Waals surface area contributed by atoms with Gasteiger partial charge in [-0.1, -0.05) is 6.07 Å². The van der Waals surface area contributed by atoms with Crippen LogP contribution in [0.25, 0.3) is 0 Å². The molecule has 3 rings (SSSR count). The van der Waals surface area contributed by atoms with Gasteiger partial charge in [-0.3, -0.25) is 14.6 Å². The summed E-state index contributed by atoms with van der Waals surface area (Å²) in [7, 11) is 0. The van der Waals surface area contributed by atoms with Crippen LogP contribution >= 0.6 is 0 Å². The van der Waals surface area contributed by atoms with Crippen LogP contribution in [-0.2, 0) is 16.1 Å². The standard InChI is InChI=1S/C18H19N3O3/c1-2-24-15-7-5-14(6-8-15)21-17(22)10-16(18(21)23)20-12-13-4-3-9-19-11-13/h3-9,11,16,20H,2,10,12H2,1H3/t16-/m1/s1. The lowest BCUT2D eigenvalue weighted by Crippen LogP contribution is -2.38. The van der Waals surface area contributed by atoms with Gasteiger partial charge in [0.2, 0.25) is 5.91 Å². The summed E-state index contributed by atoms with van der Waals surface area (Å²) in [5.41, 5.74) is 1.54. The summed E-state index contributed by atoms with van der Waals surface area (Å²) in [6.07, 6.45) is 3.59. The number of nitrogens with zero attached hydrogens (tertiary/aromatic N) is 2. The molecule has 1 N–H and O–H groups in total. The molecular weight excluding hydrogens is 306 g/mol. The summed E-state index contributed by atoms with van der Waals surface area (Å²) >= 11 is 0. The molecule has 6 nitrogen and oxygen atoms in total. The Balaban J connectivity index is 1.67. The molecule has 124 valence electrons. The Hall–Kier alpha value is -2.73. The zero-order chi connectivity index (χ0) is 16.9. The van der Waals surface area contributed by atoms with Crippen molar-refractivity contribution < 1.29 is 14.3 Å². The number of amides is 2. The van der Waals surface area contributed by atoms with Gasteiger partial charge in [0.25, 0.3) is 5.91 Å². The first-order valence-corrected chi connectivity index (χ1v) is 7.91. The lowest BCUT2D eigenvalue weighted by Gasteiger charge is -2.16. The number of pyridine rings is 1. The quantitative estimate of drug-likeness (QED) is 0.821. The minimum atomic E-state index is -0.510. The summed E-state index contributed by atoms with van der Waals surface area (Å²) in [6.45, 7) is 2.97. The number of nitrogens with one attached hydrogen (secondary N) is 1. The topological polar surface area (TPSA) is 71.5 Å². The van der Waals surface area contributed by atoms with Crippen molar-refractivity contribution in [3.05, 3.63) is 54.4 Å². The number of hydrogen-bond donors (Lipinski definition) is 1. The Labute approximate surface area is 140 Å². The Kier molecular flexibility index (Phi) is 4.86. The molecule has 1 fully saturated rings. The van der Waals surface area contributed by atoms with Crippen LogP contribution < -0.4 is 15.0 Å². The Bertz CT molecular complexity index is 716. The van der Waals surface area contributed by atoms with Gasteiger partial charge in [-0.15, -0.1) is 0 Å². The maximum absolute atomic E-state index is 12.5. The molecule has 1 aromatic carbocycles. The van der Waals surface area contributed by atoms with E-state index in [9.17, 15) is 9.59 Å². The van der Waals surface area contributed by atoms with Crippen LogP contribution in [0.15, 0.2) is 48.8 Å². The van der Waals surface area contributed by atoms with Crippen LogP contribution in [0.1, 0.15) is 18.9 Å². The lowest BCUT2D eigenvalue weighted by molar-refractivity contribution is -0.121. The highest BCUT2D eigenvalue weighted by Crippen LogP contribution is 2.25.